The molecule has 0 saturated heterocycles. The molecule has 0 aliphatic heterocycles. The zero-order chi connectivity index (χ0) is 12.3. The Balaban J connectivity index is 2.01. The van der Waals surface area contributed by atoms with Crippen LogP contribution >= 0.6 is 11.3 Å². The highest BCUT2D eigenvalue weighted by Crippen LogP contribution is 2.15. The molecule has 2 heterocycles. The minimum absolute atomic E-state index is 0.170. The number of aromatic nitrogens is 1. The van der Waals surface area contributed by atoms with E-state index in [1.54, 1.807) is 23.6 Å². The number of rotatable bonds is 3. The summed E-state index contributed by atoms with van der Waals surface area (Å²) >= 11 is 1.67. The lowest BCUT2D eigenvalue weighted by Crippen LogP contribution is -2.23. The Kier molecular flexibility index (Phi) is 3.39. The van der Waals surface area contributed by atoms with E-state index < -0.39 is 0 Å². The van der Waals surface area contributed by atoms with Gasteiger partial charge in [0.15, 0.2) is 0 Å². The van der Waals surface area contributed by atoms with E-state index in [2.05, 4.69) is 10.3 Å². The highest BCUT2D eigenvalue weighted by atomic mass is 32.1. The molecule has 0 aliphatic rings. The maximum atomic E-state index is 11.8. The summed E-state index contributed by atoms with van der Waals surface area (Å²) in [5, 5.41) is 2.83. The molecule has 2 aromatic heterocycles. The van der Waals surface area contributed by atoms with Gasteiger partial charge in [0.05, 0.1) is 24.0 Å². The smallest absolute Gasteiger partial charge is 0.253 e. The van der Waals surface area contributed by atoms with Crippen molar-refractivity contribution in [2.75, 3.05) is 5.73 Å². The number of nitrogens with two attached hydrogens (primary N) is 1. The Morgan fingerprint density at radius 2 is 2.29 bits per heavy atom. The van der Waals surface area contributed by atoms with Crippen LogP contribution in [0.25, 0.3) is 0 Å². The fourth-order valence-electron chi connectivity index (χ4n) is 1.46. The number of nitrogens with one attached hydrogen (secondary N) is 1. The van der Waals surface area contributed by atoms with Crippen molar-refractivity contribution in [2.45, 2.75) is 13.5 Å². The molecule has 1 amide bonds. The average molecular weight is 247 g/mol. The highest BCUT2D eigenvalue weighted by molar-refractivity contribution is 7.11. The highest BCUT2D eigenvalue weighted by Gasteiger charge is 2.08. The Morgan fingerprint density at radius 1 is 1.47 bits per heavy atom. The number of thiophene rings is 1. The normalized spacial score (nSPS) is 10.2. The Hall–Kier alpha value is -1.88. The first-order valence-electron chi connectivity index (χ1n) is 5.20. The number of amides is 1. The van der Waals surface area contributed by atoms with Crippen molar-refractivity contribution in [2.24, 2.45) is 0 Å². The van der Waals surface area contributed by atoms with Crippen LogP contribution < -0.4 is 11.1 Å². The van der Waals surface area contributed by atoms with Crippen molar-refractivity contribution < 1.29 is 4.79 Å². The van der Waals surface area contributed by atoms with Gasteiger partial charge in [-0.2, -0.15) is 0 Å². The molecule has 0 atom stereocenters. The van der Waals surface area contributed by atoms with E-state index in [4.69, 9.17) is 5.73 Å². The van der Waals surface area contributed by atoms with Crippen molar-refractivity contribution >= 4 is 22.9 Å². The summed E-state index contributed by atoms with van der Waals surface area (Å²) in [6, 6.07) is 5.66. The second-order valence-corrected chi connectivity index (χ2v) is 5.03. The minimum Gasteiger partial charge on any atom is -0.397 e. The summed E-state index contributed by atoms with van der Waals surface area (Å²) < 4.78 is 0. The summed E-state index contributed by atoms with van der Waals surface area (Å²) in [5.74, 6) is -0.170. The third kappa shape index (κ3) is 2.82. The molecule has 0 aliphatic carbocycles. The van der Waals surface area contributed by atoms with E-state index in [-0.39, 0.29) is 5.91 Å². The molecular weight excluding hydrogens is 234 g/mol. The molecule has 0 spiro atoms. The lowest BCUT2D eigenvalue weighted by molar-refractivity contribution is 0.0952. The number of nitrogen functional groups attached to an aromatic ring is 1. The van der Waals surface area contributed by atoms with E-state index in [0.29, 0.717) is 17.8 Å². The van der Waals surface area contributed by atoms with Crippen LogP contribution in [0, 0.1) is 6.92 Å². The quantitative estimate of drug-likeness (QED) is 0.871. The van der Waals surface area contributed by atoms with Crippen LogP contribution in [0.2, 0.25) is 0 Å². The monoisotopic (exact) mass is 247 g/mol. The van der Waals surface area contributed by atoms with E-state index in [1.165, 1.54) is 11.1 Å². The van der Waals surface area contributed by atoms with E-state index >= 15 is 0 Å². The fraction of sp³-hybridized carbons (Fsp3) is 0.167. The predicted molar refractivity (Wildman–Crippen MR) is 68.9 cm³/mol. The van der Waals surface area contributed by atoms with E-state index in [0.717, 1.165) is 4.88 Å². The molecule has 0 bridgehead atoms. The molecule has 0 radical (unpaired) electrons. The summed E-state index contributed by atoms with van der Waals surface area (Å²) in [6.45, 7) is 2.57. The molecule has 2 rings (SSSR count). The van der Waals surface area contributed by atoms with Gasteiger partial charge >= 0.3 is 0 Å². The molecule has 0 fully saturated rings. The van der Waals surface area contributed by atoms with Gasteiger partial charge in [0.2, 0.25) is 0 Å². The number of hydrogen-bond acceptors (Lipinski definition) is 4. The van der Waals surface area contributed by atoms with Gasteiger partial charge in [0.25, 0.3) is 5.91 Å². The van der Waals surface area contributed by atoms with Gasteiger partial charge in [-0.1, -0.05) is 0 Å². The predicted octanol–water partition coefficient (Wildman–Crippen LogP) is 1.96. The number of carbonyl (C=O) groups is 1. The van der Waals surface area contributed by atoms with Gasteiger partial charge in [0, 0.05) is 16.0 Å². The van der Waals surface area contributed by atoms with E-state index in [9.17, 15) is 4.79 Å². The second kappa shape index (κ2) is 4.97. The molecule has 0 saturated carbocycles. The van der Waals surface area contributed by atoms with Crippen LogP contribution in [0.3, 0.4) is 0 Å². The van der Waals surface area contributed by atoms with Gasteiger partial charge < -0.3 is 11.1 Å². The number of nitrogens with zero attached hydrogens (tertiary/aromatic N) is 1. The maximum absolute atomic E-state index is 11.8. The van der Waals surface area contributed by atoms with Crippen LogP contribution in [0.4, 0.5) is 5.69 Å². The summed E-state index contributed by atoms with van der Waals surface area (Å²) in [5.41, 5.74) is 6.54. The lowest BCUT2D eigenvalue weighted by Gasteiger charge is -2.05. The van der Waals surface area contributed by atoms with Crippen LogP contribution in [-0.2, 0) is 6.54 Å². The van der Waals surface area contributed by atoms with Crippen molar-refractivity contribution in [3.05, 3.63) is 45.9 Å². The van der Waals surface area contributed by atoms with Crippen molar-refractivity contribution in [1.29, 1.82) is 0 Å². The zero-order valence-electron chi connectivity index (χ0n) is 9.43. The third-order valence-electron chi connectivity index (χ3n) is 2.32. The molecule has 5 heteroatoms. The van der Waals surface area contributed by atoms with Gasteiger partial charge in [-0.15, -0.1) is 11.3 Å². The fourth-order valence-corrected chi connectivity index (χ4v) is 2.29. The summed E-state index contributed by atoms with van der Waals surface area (Å²) in [6.07, 6.45) is 3.03. The molecule has 17 heavy (non-hydrogen) atoms. The van der Waals surface area contributed by atoms with Crippen molar-refractivity contribution in [3.63, 3.8) is 0 Å². The Morgan fingerprint density at radius 3 is 2.94 bits per heavy atom. The van der Waals surface area contributed by atoms with Crippen molar-refractivity contribution in [1.82, 2.24) is 10.3 Å². The zero-order valence-corrected chi connectivity index (χ0v) is 10.3. The standard InChI is InChI=1S/C12H13N3OS/c1-8-2-3-9(17-8)6-15-12(16)10-4-5-14-7-11(10)13/h2-5,7H,6,13H2,1H3,(H,15,16). The molecular formula is C12H13N3OS. The minimum atomic E-state index is -0.170. The average Bonchev–Trinajstić information content (AvgIpc) is 2.73. The van der Waals surface area contributed by atoms with Gasteiger partial charge in [-0.3, -0.25) is 9.78 Å². The van der Waals surface area contributed by atoms with Crippen LogP contribution in [0.1, 0.15) is 20.1 Å². The number of anilines is 1. The number of carbonyl (C=O) groups excluding carboxylic acids is 1. The maximum Gasteiger partial charge on any atom is 0.253 e. The third-order valence-corrected chi connectivity index (χ3v) is 3.32. The molecule has 0 aromatic carbocycles. The van der Waals surface area contributed by atoms with Gasteiger partial charge in [0.1, 0.15) is 0 Å². The molecule has 4 nitrogen and oxygen atoms in total. The van der Waals surface area contributed by atoms with Crippen molar-refractivity contribution in [3.8, 4) is 0 Å². The molecule has 3 N–H and O–H groups in total. The van der Waals surface area contributed by atoms with Gasteiger partial charge in [-0.25, -0.2) is 0 Å². The van der Waals surface area contributed by atoms with Gasteiger partial charge in [-0.05, 0) is 25.1 Å². The summed E-state index contributed by atoms with van der Waals surface area (Å²) in [7, 11) is 0. The molecule has 88 valence electrons. The number of aryl methyl sites for hydroxylation is 1. The summed E-state index contributed by atoms with van der Waals surface area (Å²) in [4.78, 5) is 18.0. The SMILES string of the molecule is Cc1ccc(CNC(=O)c2ccncc2N)s1. The first kappa shape index (κ1) is 11.6. The van der Waals surface area contributed by atoms with E-state index in [1.807, 2.05) is 19.1 Å². The van der Waals surface area contributed by atoms with Crippen LogP contribution in [0.15, 0.2) is 30.6 Å². The lowest BCUT2D eigenvalue weighted by atomic mass is 10.2. The number of hydrogen-bond donors (Lipinski definition) is 2. The first-order valence-corrected chi connectivity index (χ1v) is 6.01. The van der Waals surface area contributed by atoms with Crippen LogP contribution in [0.5, 0.6) is 0 Å². The second-order valence-electron chi connectivity index (χ2n) is 3.66. The van der Waals surface area contributed by atoms with Crippen LogP contribution in [-0.4, -0.2) is 10.9 Å². The topological polar surface area (TPSA) is 68.0 Å². The number of pyridine rings is 1. The first-order chi connectivity index (χ1) is 8.16. The molecule has 0 unspecified atom stereocenters. The Bertz CT molecular complexity index is 536. The Labute approximate surface area is 103 Å². The molecule has 2 aromatic rings. The largest absolute Gasteiger partial charge is 0.397 e.